The smallest absolute Gasteiger partial charge is 0.0558 e. The van der Waals surface area contributed by atoms with Crippen LogP contribution in [-0.2, 0) is 0 Å². The molecule has 0 bridgehead atoms. The Bertz CT molecular complexity index is 96.5. The van der Waals surface area contributed by atoms with Crippen molar-refractivity contribution in [3.8, 4) is 0 Å². The van der Waals surface area contributed by atoms with E-state index in [1.807, 2.05) is 0 Å². The number of nitrogens with zero attached hydrogens (tertiary/aromatic N) is 1. The molecule has 74 valence electrons. The van der Waals surface area contributed by atoms with E-state index < -0.39 is 0 Å². The Morgan fingerprint density at radius 1 is 1.25 bits per heavy atom. The number of aliphatic hydroxyl groups is 1. The molecule has 0 aliphatic rings. The molecule has 0 radical (unpaired) electrons. The summed E-state index contributed by atoms with van der Waals surface area (Å²) in [7, 11) is 0. The summed E-state index contributed by atoms with van der Waals surface area (Å²) in [5.74, 6) is 0. The Morgan fingerprint density at radius 2 is 1.92 bits per heavy atom. The Labute approximate surface area is 75.6 Å². The van der Waals surface area contributed by atoms with Crippen LogP contribution >= 0.6 is 0 Å². The minimum atomic E-state index is 0.251. The van der Waals surface area contributed by atoms with Crippen molar-refractivity contribution in [3.05, 3.63) is 0 Å². The lowest BCUT2D eigenvalue weighted by Crippen LogP contribution is -2.34. The molecule has 3 heteroatoms. The number of unbranched alkanes of at least 4 members (excludes halogenated alkanes) is 1. The van der Waals surface area contributed by atoms with Crippen LogP contribution in [0.15, 0.2) is 0 Å². The quantitative estimate of drug-likeness (QED) is 0.550. The standard InChI is InChI=1S/C9H22N2O/c1-9(2)11(7-8-12)6-4-3-5-10/h9,12H,3-8,10H2,1-2H3. The molecule has 0 heterocycles. The minimum Gasteiger partial charge on any atom is -0.395 e. The fourth-order valence-corrected chi connectivity index (χ4v) is 1.22. The highest BCUT2D eigenvalue weighted by atomic mass is 16.3. The van der Waals surface area contributed by atoms with Crippen molar-refractivity contribution in [2.75, 3.05) is 26.2 Å². The van der Waals surface area contributed by atoms with E-state index in [0.29, 0.717) is 6.04 Å². The molecule has 0 saturated heterocycles. The van der Waals surface area contributed by atoms with Gasteiger partial charge in [-0.2, -0.15) is 0 Å². The Hall–Kier alpha value is -0.120. The first-order valence-corrected chi connectivity index (χ1v) is 4.77. The van der Waals surface area contributed by atoms with E-state index in [-0.39, 0.29) is 6.61 Å². The maximum Gasteiger partial charge on any atom is 0.0558 e. The highest BCUT2D eigenvalue weighted by Gasteiger charge is 2.06. The molecule has 3 N–H and O–H groups in total. The molecule has 0 amide bonds. The van der Waals surface area contributed by atoms with Gasteiger partial charge >= 0.3 is 0 Å². The van der Waals surface area contributed by atoms with Crippen LogP contribution in [0, 0.1) is 0 Å². The summed E-state index contributed by atoms with van der Waals surface area (Å²) >= 11 is 0. The summed E-state index contributed by atoms with van der Waals surface area (Å²) in [5.41, 5.74) is 5.40. The third kappa shape index (κ3) is 5.52. The fraction of sp³-hybridized carbons (Fsp3) is 1.00. The maximum absolute atomic E-state index is 8.78. The van der Waals surface area contributed by atoms with Crippen molar-refractivity contribution in [1.82, 2.24) is 4.90 Å². The second kappa shape index (κ2) is 7.53. The second-order valence-corrected chi connectivity index (χ2v) is 3.35. The van der Waals surface area contributed by atoms with Gasteiger partial charge in [0.2, 0.25) is 0 Å². The summed E-state index contributed by atoms with van der Waals surface area (Å²) in [6.07, 6.45) is 2.21. The van der Waals surface area contributed by atoms with E-state index in [1.54, 1.807) is 0 Å². The first kappa shape index (κ1) is 11.9. The average molecular weight is 174 g/mol. The summed E-state index contributed by atoms with van der Waals surface area (Å²) in [6, 6.07) is 0.523. The molecule has 0 aromatic heterocycles. The summed E-state index contributed by atoms with van der Waals surface area (Å²) < 4.78 is 0. The van der Waals surface area contributed by atoms with Gasteiger partial charge in [0, 0.05) is 12.6 Å². The minimum absolute atomic E-state index is 0.251. The Morgan fingerprint density at radius 3 is 2.33 bits per heavy atom. The molecular weight excluding hydrogens is 152 g/mol. The van der Waals surface area contributed by atoms with Crippen molar-refractivity contribution in [2.24, 2.45) is 5.73 Å². The first-order valence-electron chi connectivity index (χ1n) is 4.77. The lowest BCUT2D eigenvalue weighted by Gasteiger charge is -2.25. The number of nitrogens with two attached hydrogens (primary N) is 1. The molecule has 0 aromatic rings. The summed E-state index contributed by atoms with van der Waals surface area (Å²) in [4.78, 5) is 2.27. The van der Waals surface area contributed by atoms with Crippen LogP contribution in [0.2, 0.25) is 0 Å². The first-order chi connectivity index (χ1) is 5.72. The second-order valence-electron chi connectivity index (χ2n) is 3.35. The van der Waals surface area contributed by atoms with Gasteiger partial charge in [-0.15, -0.1) is 0 Å². The lowest BCUT2D eigenvalue weighted by atomic mass is 10.2. The van der Waals surface area contributed by atoms with Gasteiger partial charge in [-0.05, 0) is 39.8 Å². The van der Waals surface area contributed by atoms with Gasteiger partial charge in [0.05, 0.1) is 6.61 Å². The van der Waals surface area contributed by atoms with E-state index >= 15 is 0 Å². The van der Waals surface area contributed by atoms with E-state index in [4.69, 9.17) is 10.8 Å². The third-order valence-corrected chi connectivity index (χ3v) is 2.02. The largest absolute Gasteiger partial charge is 0.395 e. The average Bonchev–Trinajstić information content (AvgIpc) is 2.03. The van der Waals surface area contributed by atoms with Crippen molar-refractivity contribution in [3.63, 3.8) is 0 Å². The zero-order valence-corrected chi connectivity index (χ0v) is 8.29. The predicted octanol–water partition coefficient (Wildman–Crippen LogP) is 0.428. The van der Waals surface area contributed by atoms with E-state index in [2.05, 4.69) is 18.7 Å². The highest BCUT2D eigenvalue weighted by molar-refractivity contribution is 4.62. The maximum atomic E-state index is 8.78. The molecule has 0 aliphatic carbocycles. The van der Waals surface area contributed by atoms with Crippen molar-refractivity contribution in [2.45, 2.75) is 32.7 Å². The van der Waals surface area contributed by atoms with Gasteiger partial charge in [-0.25, -0.2) is 0 Å². The highest BCUT2D eigenvalue weighted by Crippen LogP contribution is 2.00. The Kier molecular flexibility index (Phi) is 7.45. The van der Waals surface area contributed by atoms with Crippen LogP contribution in [0.3, 0.4) is 0 Å². The third-order valence-electron chi connectivity index (χ3n) is 2.02. The Balaban J connectivity index is 3.49. The molecule has 0 spiro atoms. The topological polar surface area (TPSA) is 49.5 Å². The fourth-order valence-electron chi connectivity index (χ4n) is 1.22. The van der Waals surface area contributed by atoms with Crippen LogP contribution in [0.4, 0.5) is 0 Å². The molecular formula is C9H22N2O. The van der Waals surface area contributed by atoms with Crippen molar-refractivity contribution in [1.29, 1.82) is 0 Å². The van der Waals surface area contributed by atoms with Crippen molar-refractivity contribution < 1.29 is 5.11 Å². The number of aliphatic hydroxyl groups excluding tert-OH is 1. The zero-order valence-electron chi connectivity index (χ0n) is 8.29. The van der Waals surface area contributed by atoms with Crippen molar-refractivity contribution >= 4 is 0 Å². The molecule has 0 aromatic carbocycles. The van der Waals surface area contributed by atoms with E-state index in [0.717, 1.165) is 32.5 Å². The van der Waals surface area contributed by atoms with Gasteiger partial charge in [0.25, 0.3) is 0 Å². The van der Waals surface area contributed by atoms with Crippen LogP contribution in [0.5, 0.6) is 0 Å². The van der Waals surface area contributed by atoms with Crippen LogP contribution in [0.1, 0.15) is 26.7 Å². The summed E-state index contributed by atoms with van der Waals surface area (Å²) in [6.45, 7) is 7.15. The molecule has 0 rings (SSSR count). The van der Waals surface area contributed by atoms with Gasteiger partial charge in [0.1, 0.15) is 0 Å². The van der Waals surface area contributed by atoms with Gasteiger partial charge in [0.15, 0.2) is 0 Å². The molecule has 0 saturated carbocycles. The molecule has 0 aliphatic heterocycles. The molecule has 0 unspecified atom stereocenters. The SMILES string of the molecule is CC(C)N(CCO)CCCCN. The molecule has 3 nitrogen and oxygen atoms in total. The lowest BCUT2D eigenvalue weighted by molar-refractivity contribution is 0.164. The predicted molar refractivity (Wildman–Crippen MR) is 52.1 cm³/mol. The van der Waals surface area contributed by atoms with E-state index in [9.17, 15) is 0 Å². The van der Waals surface area contributed by atoms with Crippen LogP contribution < -0.4 is 5.73 Å². The van der Waals surface area contributed by atoms with Crippen LogP contribution in [0.25, 0.3) is 0 Å². The van der Waals surface area contributed by atoms with E-state index in [1.165, 1.54) is 0 Å². The van der Waals surface area contributed by atoms with Gasteiger partial charge in [-0.3, -0.25) is 4.90 Å². The molecule has 0 fully saturated rings. The van der Waals surface area contributed by atoms with Gasteiger partial charge < -0.3 is 10.8 Å². The number of hydrogen-bond donors (Lipinski definition) is 2. The zero-order chi connectivity index (χ0) is 9.40. The number of rotatable bonds is 7. The monoisotopic (exact) mass is 174 g/mol. The molecule has 0 atom stereocenters. The normalized spacial score (nSPS) is 11.5. The number of hydrogen-bond acceptors (Lipinski definition) is 3. The van der Waals surface area contributed by atoms with Crippen LogP contribution in [-0.4, -0.2) is 42.3 Å². The van der Waals surface area contributed by atoms with Gasteiger partial charge in [-0.1, -0.05) is 0 Å². The molecule has 12 heavy (non-hydrogen) atoms. The summed E-state index contributed by atoms with van der Waals surface area (Å²) in [5, 5.41) is 8.78.